The lowest BCUT2D eigenvalue weighted by molar-refractivity contribution is -0.137. The molecule has 6 heteroatoms. The summed E-state index contributed by atoms with van der Waals surface area (Å²) in [4.78, 5) is 41.8. The molecule has 0 aromatic heterocycles. The van der Waals surface area contributed by atoms with Crippen LogP contribution in [0.5, 0.6) is 0 Å². The second-order valence-corrected chi connectivity index (χ2v) is 7.10. The van der Waals surface area contributed by atoms with E-state index < -0.39 is 12.0 Å². The molecule has 1 N–H and O–H groups in total. The molecule has 3 rings (SSSR count). The van der Waals surface area contributed by atoms with Crippen molar-refractivity contribution < 1.29 is 14.4 Å². The van der Waals surface area contributed by atoms with Crippen molar-refractivity contribution in [1.82, 2.24) is 10.2 Å². The van der Waals surface area contributed by atoms with E-state index in [1.54, 1.807) is 9.80 Å². The molecular formula is C23H27N3O3. The molecule has 0 bridgehead atoms. The average Bonchev–Trinajstić information content (AvgIpc) is 3.15. The van der Waals surface area contributed by atoms with Gasteiger partial charge < -0.3 is 15.1 Å². The maximum Gasteiger partial charge on any atom is 0.249 e. The van der Waals surface area contributed by atoms with Crippen molar-refractivity contribution in [3.05, 3.63) is 66.2 Å². The highest BCUT2D eigenvalue weighted by atomic mass is 16.2. The molecular weight excluding hydrogens is 366 g/mol. The summed E-state index contributed by atoms with van der Waals surface area (Å²) in [6, 6.07) is 17.8. The molecule has 1 saturated heterocycles. The minimum Gasteiger partial charge on any atom is -0.341 e. The highest BCUT2D eigenvalue weighted by molar-refractivity contribution is 6.01. The summed E-state index contributed by atoms with van der Waals surface area (Å²) in [5.74, 6) is -0.981. The first-order valence-electron chi connectivity index (χ1n) is 10.0. The number of rotatable bonds is 7. The van der Waals surface area contributed by atoms with Crippen molar-refractivity contribution in [3.63, 3.8) is 0 Å². The lowest BCUT2D eigenvalue weighted by atomic mass is 10.0. The van der Waals surface area contributed by atoms with E-state index in [0.29, 0.717) is 19.6 Å². The van der Waals surface area contributed by atoms with Gasteiger partial charge in [0.1, 0.15) is 6.04 Å². The zero-order chi connectivity index (χ0) is 20.8. The quantitative estimate of drug-likeness (QED) is 0.786. The van der Waals surface area contributed by atoms with Crippen molar-refractivity contribution in [1.29, 1.82) is 0 Å². The van der Waals surface area contributed by atoms with Crippen molar-refractivity contribution in [2.45, 2.75) is 26.3 Å². The minimum atomic E-state index is -0.760. The molecule has 0 saturated carbocycles. The number of nitrogens with one attached hydrogen (secondary N) is 1. The molecule has 1 aliphatic rings. The summed E-state index contributed by atoms with van der Waals surface area (Å²) in [7, 11) is 0. The minimum absolute atomic E-state index is 0.0809. The van der Waals surface area contributed by atoms with E-state index in [4.69, 9.17) is 0 Å². The van der Waals surface area contributed by atoms with Crippen molar-refractivity contribution >= 4 is 23.4 Å². The van der Waals surface area contributed by atoms with E-state index in [1.165, 1.54) is 0 Å². The third kappa shape index (κ3) is 4.65. The van der Waals surface area contributed by atoms with Crippen LogP contribution in [0, 0.1) is 5.92 Å². The number of nitrogens with zero attached hydrogens (tertiary/aromatic N) is 2. The molecule has 2 unspecified atom stereocenters. The van der Waals surface area contributed by atoms with E-state index in [-0.39, 0.29) is 24.1 Å². The third-order valence-corrected chi connectivity index (χ3v) is 5.31. The van der Waals surface area contributed by atoms with Crippen molar-refractivity contribution in [2.24, 2.45) is 5.92 Å². The van der Waals surface area contributed by atoms with Gasteiger partial charge >= 0.3 is 0 Å². The monoisotopic (exact) mass is 393 g/mol. The van der Waals surface area contributed by atoms with Gasteiger partial charge in [0, 0.05) is 31.7 Å². The summed E-state index contributed by atoms with van der Waals surface area (Å²) < 4.78 is 0. The lowest BCUT2D eigenvalue weighted by Crippen LogP contribution is -2.45. The highest BCUT2D eigenvalue weighted by Gasteiger charge is 2.37. The van der Waals surface area contributed by atoms with Crippen molar-refractivity contribution in [2.75, 3.05) is 24.5 Å². The Morgan fingerprint density at radius 3 is 2.21 bits per heavy atom. The molecule has 1 heterocycles. The second kappa shape index (κ2) is 9.37. The Morgan fingerprint density at radius 1 is 1.03 bits per heavy atom. The molecule has 0 aliphatic carbocycles. The van der Waals surface area contributed by atoms with Gasteiger partial charge in [0.15, 0.2) is 0 Å². The van der Waals surface area contributed by atoms with Gasteiger partial charge in [0.05, 0.1) is 5.92 Å². The zero-order valence-corrected chi connectivity index (χ0v) is 16.9. The van der Waals surface area contributed by atoms with E-state index in [1.807, 2.05) is 74.5 Å². The van der Waals surface area contributed by atoms with Crippen LogP contribution in [0.4, 0.5) is 5.69 Å². The molecule has 1 fully saturated rings. The number of likely N-dealkylation sites (N-methyl/N-ethyl adjacent to an activating group) is 1. The number of benzene rings is 2. The van der Waals surface area contributed by atoms with Crippen LogP contribution in [-0.2, 0) is 14.4 Å². The smallest absolute Gasteiger partial charge is 0.249 e. The van der Waals surface area contributed by atoms with Crippen LogP contribution in [0.3, 0.4) is 0 Å². The van der Waals surface area contributed by atoms with Gasteiger partial charge in [-0.2, -0.15) is 0 Å². The Hall–Kier alpha value is -3.15. The molecule has 2 aromatic carbocycles. The van der Waals surface area contributed by atoms with Crippen LogP contribution < -0.4 is 10.2 Å². The fourth-order valence-electron chi connectivity index (χ4n) is 3.65. The first-order valence-corrected chi connectivity index (χ1v) is 10.0. The summed E-state index contributed by atoms with van der Waals surface area (Å²) in [6.07, 6.45) is 0.141. The number of amides is 3. The fourth-order valence-corrected chi connectivity index (χ4v) is 3.65. The molecule has 152 valence electrons. The molecule has 2 atom stereocenters. The SMILES string of the molecule is CCN(CC)C(=O)C(NC(=O)C1CC(=O)N(c2ccccc2)C1)c1ccccc1. The van der Waals surface area contributed by atoms with Gasteiger partial charge in [0.25, 0.3) is 0 Å². The number of carbonyl (C=O) groups excluding carboxylic acids is 3. The second-order valence-electron chi connectivity index (χ2n) is 7.10. The Balaban J connectivity index is 1.76. The molecule has 1 aliphatic heterocycles. The van der Waals surface area contributed by atoms with Gasteiger partial charge in [-0.05, 0) is 31.5 Å². The van der Waals surface area contributed by atoms with Gasteiger partial charge in [-0.3, -0.25) is 14.4 Å². The maximum absolute atomic E-state index is 13.0. The predicted molar refractivity (Wildman–Crippen MR) is 112 cm³/mol. The Kier molecular flexibility index (Phi) is 6.65. The van der Waals surface area contributed by atoms with Crippen LogP contribution in [0.15, 0.2) is 60.7 Å². The van der Waals surface area contributed by atoms with E-state index in [0.717, 1.165) is 11.3 Å². The van der Waals surface area contributed by atoms with Crippen LogP contribution in [-0.4, -0.2) is 42.3 Å². The number of hydrogen-bond donors (Lipinski definition) is 1. The molecule has 0 spiro atoms. The summed E-state index contributed by atoms with van der Waals surface area (Å²) in [6.45, 7) is 5.28. The number of anilines is 1. The van der Waals surface area contributed by atoms with Crippen LogP contribution in [0.2, 0.25) is 0 Å². The molecule has 29 heavy (non-hydrogen) atoms. The van der Waals surface area contributed by atoms with Gasteiger partial charge in [-0.15, -0.1) is 0 Å². The lowest BCUT2D eigenvalue weighted by Gasteiger charge is -2.27. The number of para-hydroxylation sites is 1. The van der Waals surface area contributed by atoms with Crippen molar-refractivity contribution in [3.8, 4) is 0 Å². The first-order chi connectivity index (χ1) is 14.0. The fraction of sp³-hybridized carbons (Fsp3) is 0.348. The number of hydrogen-bond acceptors (Lipinski definition) is 3. The largest absolute Gasteiger partial charge is 0.341 e. The molecule has 2 aromatic rings. The predicted octanol–water partition coefficient (Wildman–Crippen LogP) is 2.77. The zero-order valence-electron chi connectivity index (χ0n) is 16.9. The standard InChI is InChI=1S/C23H27N3O3/c1-3-25(4-2)23(29)21(17-11-7-5-8-12-17)24-22(28)18-15-20(27)26(16-18)19-13-9-6-10-14-19/h5-14,18,21H,3-4,15-16H2,1-2H3,(H,24,28). The van der Waals surface area contributed by atoms with Gasteiger partial charge in [-0.1, -0.05) is 48.5 Å². The van der Waals surface area contributed by atoms with Crippen LogP contribution >= 0.6 is 0 Å². The van der Waals surface area contributed by atoms with Crippen LogP contribution in [0.25, 0.3) is 0 Å². The van der Waals surface area contributed by atoms with E-state index in [2.05, 4.69) is 5.32 Å². The third-order valence-electron chi connectivity index (χ3n) is 5.31. The Morgan fingerprint density at radius 2 is 1.62 bits per heavy atom. The highest BCUT2D eigenvalue weighted by Crippen LogP contribution is 2.26. The van der Waals surface area contributed by atoms with Crippen LogP contribution in [0.1, 0.15) is 31.9 Å². The average molecular weight is 393 g/mol. The summed E-state index contributed by atoms with van der Waals surface area (Å²) >= 11 is 0. The number of carbonyl (C=O) groups is 3. The first kappa shape index (κ1) is 20.6. The van der Waals surface area contributed by atoms with E-state index in [9.17, 15) is 14.4 Å². The molecule has 0 radical (unpaired) electrons. The Labute approximate surface area is 171 Å². The topological polar surface area (TPSA) is 69.7 Å². The molecule has 6 nitrogen and oxygen atoms in total. The van der Waals surface area contributed by atoms with E-state index >= 15 is 0 Å². The van der Waals surface area contributed by atoms with Gasteiger partial charge in [-0.25, -0.2) is 0 Å². The summed E-state index contributed by atoms with van der Waals surface area (Å²) in [5, 5.41) is 2.91. The normalized spacial score (nSPS) is 17.1. The molecule has 3 amide bonds. The maximum atomic E-state index is 13.0. The Bertz CT molecular complexity index is 850. The van der Waals surface area contributed by atoms with Gasteiger partial charge in [0.2, 0.25) is 17.7 Å². The summed E-state index contributed by atoms with van der Waals surface area (Å²) in [5.41, 5.74) is 1.52.